The Morgan fingerprint density at radius 2 is 2.29 bits per heavy atom. The number of aryl methyl sites for hydroxylation is 1. The molecule has 3 heteroatoms. The van der Waals surface area contributed by atoms with E-state index in [0.29, 0.717) is 0 Å². The van der Waals surface area contributed by atoms with Crippen molar-refractivity contribution in [2.45, 2.75) is 13.0 Å². The van der Waals surface area contributed by atoms with Gasteiger partial charge in [-0.25, -0.2) is 0 Å². The molecule has 14 heavy (non-hydrogen) atoms. The van der Waals surface area contributed by atoms with Gasteiger partial charge in [-0.2, -0.15) is 11.3 Å². The second-order valence-corrected chi connectivity index (χ2v) is 4.05. The van der Waals surface area contributed by atoms with Crippen LogP contribution < -0.4 is 5.32 Å². The smallest absolute Gasteiger partial charge is 0.101 e. The van der Waals surface area contributed by atoms with Gasteiger partial charge in [0.25, 0.3) is 0 Å². The van der Waals surface area contributed by atoms with Crippen molar-refractivity contribution >= 4 is 11.3 Å². The van der Waals surface area contributed by atoms with Crippen LogP contribution in [-0.4, -0.2) is 7.05 Å². The van der Waals surface area contributed by atoms with Gasteiger partial charge in [0.1, 0.15) is 5.76 Å². The van der Waals surface area contributed by atoms with Crippen molar-refractivity contribution in [2.24, 2.45) is 0 Å². The van der Waals surface area contributed by atoms with E-state index in [4.69, 9.17) is 4.42 Å². The van der Waals surface area contributed by atoms with E-state index < -0.39 is 0 Å². The Kier molecular flexibility index (Phi) is 2.70. The third kappa shape index (κ3) is 1.74. The molecule has 2 aromatic heterocycles. The molecule has 2 rings (SSSR count). The highest BCUT2D eigenvalue weighted by molar-refractivity contribution is 7.08. The molecule has 1 atom stereocenters. The van der Waals surface area contributed by atoms with E-state index in [0.717, 1.165) is 5.76 Å². The van der Waals surface area contributed by atoms with Crippen molar-refractivity contribution in [1.29, 1.82) is 0 Å². The molecule has 0 aliphatic carbocycles. The van der Waals surface area contributed by atoms with Gasteiger partial charge in [0.15, 0.2) is 0 Å². The molecule has 1 unspecified atom stereocenters. The van der Waals surface area contributed by atoms with Crippen LogP contribution in [0.3, 0.4) is 0 Å². The number of nitrogens with one attached hydrogen (secondary N) is 1. The van der Waals surface area contributed by atoms with Crippen molar-refractivity contribution in [3.05, 3.63) is 46.0 Å². The van der Waals surface area contributed by atoms with Crippen LogP contribution in [0.25, 0.3) is 0 Å². The van der Waals surface area contributed by atoms with E-state index in [1.807, 2.05) is 20.2 Å². The van der Waals surface area contributed by atoms with Gasteiger partial charge < -0.3 is 9.73 Å². The second kappa shape index (κ2) is 3.98. The first kappa shape index (κ1) is 9.49. The summed E-state index contributed by atoms with van der Waals surface area (Å²) in [6.07, 6.45) is 1.81. The van der Waals surface area contributed by atoms with E-state index in [2.05, 4.69) is 28.2 Å². The van der Waals surface area contributed by atoms with Crippen molar-refractivity contribution in [3.8, 4) is 0 Å². The van der Waals surface area contributed by atoms with Crippen LogP contribution in [0.5, 0.6) is 0 Å². The van der Waals surface area contributed by atoms with Gasteiger partial charge in [0, 0.05) is 5.56 Å². The summed E-state index contributed by atoms with van der Waals surface area (Å²) in [4.78, 5) is 0. The van der Waals surface area contributed by atoms with Gasteiger partial charge in [-0.1, -0.05) is 0 Å². The molecular formula is C11H13NOS. The standard InChI is InChI=1S/C11H13NOS/c1-8-5-10(6-13-8)11(12-2)9-3-4-14-7-9/h3-7,11-12H,1-2H3. The number of thiophene rings is 1. The Bertz CT molecular complexity index is 391. The number of rotatable bonds is 3. The average molecular weight is 207 g/mol. The van der Waals surface area contributed by atoms with Gasteiger partial charge in [0.05, 0.1) is 12.3 Å². The Morgan fingerprint density at radius 3 is 2.79 bits per heavy atom. The Labute approximate surface area is 87.6 Å². The minimum atomic E-state index is 0.249. The van der Waals surface area contributed by atoms with Crippen LogP contribution in [0.2, 0.25) is 0 Å². The highest BCUT2D eigenvalue weighted by Gasteiger charge is 2.13. The Balaban J connectivity index is 2.31. The predicted octanol–water partition coefficient (Wildman–Crippen LogP) is 2.96. The maximum absolute atomic E-state index is 5.31. The monoisotopic (exact) mass is 207 g/mol. The third-order valence-corrected chi connectivity index (χ3v) is 2.95. The fourth-order valence-electron chi connectivity index (χ4n) is 1.58. The molecule has 2 nitrogen and oxygen atoms in total. The van der Waals surface area contributed by atoms with Crippen LogP contribution in [0.1, 0.15) is 22.9 Å². The van der Waals surface area contributed by atoms with E-state index in [1.54, 1.807) is 11.3 Å². The van der Waals surface area contributed by atoms with Crippen molar-refractivity contribution in [2.75, 3.05) is 7.05 Å². The fraction of sp³-hybridized carbons (Fsp3) is 0.273. The van der Waals surface area contributed by atoms with Crippen LogP contribution in [0.4, 0.5) is 0 Å². The summed E-state index contributed by atoms with van der Waals surface area (Å²) >= 11 is 1.71. The van der Waals surface area contributed by atoms with Gasteiger partial charge in [-0.15, -0.1) is 0 Å². The lowest BCUT2D eigenvalue weighted by molar-refractivity contribution is 0.528. The summed E-state index contributed by atoms with van der Waals surface area (Å²) in [6, 6.07) is 4.45. The first-order valence-electron chi connectivity index (χ1n) is 4.55. The SMILES string of the molecule is CNC(c1ccsc1)c1coc(C)c1. The fourth-order valence-corrected chi connectivity index (χ4v) is 2.27. The molecule has 1 N–H and O–H groups in total. The molecule has 2 aromatic rings. The van der Waals surface area contributed by atoms with E-state index in [1.165, 1.54) is 11.1 Å². The molecule has 0 fully saturated rings. The van der Waals surface area contributed by atoms with Crippen molar-refractivity contribution in [3.63, 3.8) is 0 Å². The summed E-state index contributed by atoms with van der Waals surface area (Å²) in [6.45, 7) is 1.96. The minimum Gasteiger partial charge on any atom is -0.469 e. The van der Waals surface area contributed by atoms with Gasteiger partial charge in [-0.05, 0) is 42.4 Å². The van der Waals surface area contributed by atoms with Gasteiger partial charge in [0.2, 0.25) is 0 Å². The third-order valence-electron chi connectivity index (χ3n) is 2.25. The van der Waals surface area contributed by atoms with E-state index >= 15 is 0 Å². The topological polar surface area (TPSA) is 25.2 Å². The predicted molar refractivity (Wildman–Crippen MR) is 58.7 cm³/mol. The van der Waals surface area contributed by atoms with Crippen LogP contribution in [0.15, 0.2) is 33.6 Å². The maximum Gasteiger partial charge on any atom is 0.101 e. The van der Waals surface area contributed by atoms with Crippen LogP contribution in [-0.2, 0) is 0 Å². The molecule has 0 bridgehead atoms. The normalized spacial score (nSPS) is 13.0. The Hall–Kier alpha value is -1.06. The zero-order valence-electron chi connectivity index (χ0n) is 8.28. The average Bonchev–Trinajstić information content (AvgIpc) is 2.79. The number of hydrogen-bond acceptors (Lipinski definition) is 3. The largest absolute Gasteiger partial charge is 0.469 e. The minimum absolute atomic E-state index is 0.249. The van der Waals surface area contributed by atoms with Crippen molar-refractivity contribution in [1.82, 2.24) is 5.32 Å². The highest BCUT2D eigenvalue weighted by atomic mass is 32.1. The quantitative estimate of drug-likeness (QED) is 0.837. The molecular weight excluding hydrogens is 194 g/mol. The summed E-state index contributed by atoms with van der Waals surface area (Å²) in [5.41, 5.74) is 2.47. The summed E-state index contributed by atoms with van der Waals surface area (Å²) < 4.78 is 5.31. The second-order valence-electron chi connectivity index (χ2n) is 3.27. The number of hydrogen-bond donors (Lipinski definition) is 1. The molecule has 0 saturated carbocycles. The zero-order valence-corrected chi connectivity index (χ0v) is 9.10. The van der Waals surface area contributed by atoms with Crippen LogP contribution in [0, 0.1) is 6.92 Å². The molecule has 74 valence electrons. The first-order chi connectivity index (χ1) is 6.81. The lowest BCUT2D eigenvalue weighted by atomic mass is 10.0. The van der Waals surface area contributed by atoms with E-state index in [9.17, 15) is 0 Å². The van der Waals surface area contributed by atoms with Crippen molar-refractivity contribution < 1.29 is 4.42 Å². The highest BCUT2D eigenvalue weighted by Crippen LogP contribution is 2.24. The van der Waals surface area contributed by atoms with E-state index in [-0.39, 0.29) is 6.04 Å². The molecule has 0 aromatic carbocycles. The first-order valence-corrected chi connectivity index (χ1v) is 5.50. The lowest BCUT2D eigenvalue weighted by Crippen LogP contribution is -2.16. The zero-order chi connectivity index (χ0) is 9.97. The molecule has 0 aliphatic heterocycles. The van der Waals surface area contributed by atoms with Gasteiger partial charge in [-0.3, -0.25) is 0 Å². The Morgan fingerprint density at radius 1 is 1.43 bits per heavy atom. The molecule has 0 spiro atoms. The summed E-state index contributed by atoms with van der Waals surface area (Å²) in [7, 11) is 1.96. The maximum atomic E-state index is 5.31. The molecule has 0 saturated heterocycles. The summed E-state index contributed by atoms with van der Waals surface area (Å²) in [5.74, 6) is 0.954. The molecule has 2 heterocycles. The van der Waals surface area contributed by atoms with Gasteiger partial charge >= 0.3 is 0 Å². The van der Waals surface area contributed by atoms with Crippen LogP contribution >= 0.6 is 11.3 Å². The lowest BCUT2D eigenvalue weighted by Gasteiger charge is -2.12. The number of furan rings is 1. The molecule has 0 amide bonds. The molecule has 0 aliphatic rings. The summed E-state index contributed by atoms with van der Waals surface area (Å²) in [5, 5.41) is 7.53. The molecule has 0 radical (unpaired) electrons.